The first-order valence-corrected chi connectivity index (χ1v) is 6.25. The highest BCUT2D eigenvalue weighted by Gasteiger charge is 2.59. The van der Waals surface area contributed by atoms with Crippen LogP contribution in [0, 0.1) is 0 Å². The second-order valence-electron chi connectivity index (χ2n) is 4.76. The molecule has 2 atom stereocenters. The molecule has 0 aliphatic carbocycles. The first-order chi connectivity index (χ1) is 8.51. The number of amides is 1. The topological polar surface area (TPSA) is 35.9 Å². The molecule has 0 radical (unpaired) electrons. The molecule has 2 aliphatic rings. The number of carbonyl (C=O) groups excluding carboxylic acids is 1. The van der Waals surface area contributed by atoms with Crippen molar-refractivity contribution in [3.05, 3.63) is 35.4 Å². The number of hydrogen-bond acceptors (Lipinski definition) is 3. The average Bonchev–Trinajstić information content (AvgIpc) is 2.72. The van der Waals surface area contributed by atoms with Gasteiger partial charge in [-0.05, 0) is 13.0 Å². The van der Waals surface area contributed by atoms with Crippen molar-refractivity contribution in [2.75, 3.05) is 14.1 Å². The summed E-state index contributed by atoms with van der Waals surface area (Å²) >= 11 is 6.54. The van der Waals surface area contributed by atoms with Gasteiger partial charge in [0.15, 0.2) is 5.66 Å². The van der Waals surface area contributed by atoms with Crippen LogP contribution >= 0.6 is 11.6 Å². The average molecular weight is 264 g/mol. The molecule has 0 aromatic heterocycles. The van der Waals surface area contributed by atoms with Crippen molar-refractivity contribution in [1.82, 2.24) is 9.91 Å². The molecule has 4 nitrogen and oxygen atoms in total. The van der Waals surface area contributed by atoms with Crippen LogP contribution in [0.1, 0.15) is 22.8 Å². The Bertz CT molecular complexity index is 571. The lowest BCUT2D eigenvalue weighted by Crippen LogP contribution is -2.54. The van der Waals surface area contributed by atoms with Crippen molar-refractivity contribution in [3.8, 4) is 0 Å². The molecule has 0 bridgehead atoms. The summed E-state index contributed by atoms with van der Waals surface area (Å²) < 4.78 is 0. The molecule has 0 saturated carbocycles. The van der Waals surface area contributed by atoms with Gasteiger partial charge in [0.2, 0.25) is 0 Å². The second-order valence-corrected chi connectivity index (χ2v) is 5.20. The van der Waals surface area contributed by atoms with Gasteiger partial charge in [0, 0.05) is 25.2 Å². The first-order valence-electron chi connectivity index (χ1n) is 5.82. The first kappa shape index (κ1) is 11.5. The van der Waals surface area contributed by atoms with E-state index in [2.05, 4.69) is 5.10 Å². The van der Waals surface area contributed by atoms with Gasteiger partial charge in [-0.2, -0.15) is 5.10 Å². The third kappa shape index (κ3) is 1.07. The number of halogens is 1. The van der Waals surface area contributed by atoms with Gasteiger partial charge in [0.05, 0.1) is 5.71 Å². The highest BCUT2D eigenvalue weighted by Crippen LogP contribution is 2.47. The molecule has 1 unspecified atom stereocenters. The fraction of sp³-hybridized carbons (Fsp3) is 0.385. The molecule has 18 heavy (non-hydrogen) atoms. The van der Waals surface area contributed by atoms with E-state index in [0.29, 0.717) is 5.56 Å². The Morgan fingerprint density at radius 2 is 2.00 bits per heavy atom. The number of benzene rings is 1. The lowest BCUT2D eigenvalue weighted by Gasteiger charge is -2.40. The monoisotopic (exact) mass is 263 g/mol. The van der Waals surface area contributed by atoms with Crippen molar-refractivity contribution in [2.45, 2.75) is 18.0 Å². The zero-order valence-corrected chi connectivity index (χ0v) is 11.3. The summed E-state index contributed by atoms with van der Waals surface area (Å²) in [6.45, 7) is 1.89. The van der Waals surface area contributed by atoms with E-state index in [1.165, 1.54) is 0 Å². The minimum atomic E-state index is -0.681. The highest BCUT2D eigenvalue weighted by molar-refractivity contribution is 6.33. The minimum absolute atomic E-state index is 0.00648. The quantitative estimate of drug-likeness (QED) is 0.670. The SMILES string of the molecule is CC1=NN(C)[C@@]2(c3ccccc3C(=O)N2C)C1Cl. The summed E-state index contributed by atoms with van der Waals surface area (Å²) in [5.41, 5.74) is 1.79. The third-order valence-electron chi connectivity index (χ3n) is 3.89. The van der Waals surface area contributed by atoms with Gasteiger partial charge in [0.1, 0.15) is 5.38 Å². The zero-order chi connectivity index (χ0) is 13.1. The number of nitrogens with zero attached hydrogens (tertiary/aromatic N) is 3. The van der Waals surface area contributed by atoms with Crippen molar-refractivity contribution in [1.29, 1.82) is 0 Å². The molecular weight excluding hydrogens is 250 g/mol. The predicted molar refractivity (Wildman–Crippen MR) is 70.7 cm³/mol. The van der Waals surface area contributed by atoms with E-state index in [4.69, 9.17) is 11.6 Å². The highest BCUT2D eigenvalue weighted by atomic mass is 35.5. The number of fused-ring (bicyclic) bond motifs is 2. The normalized spacial score (nSPS) is 30.1. The Kier molecular flexibility index (Phi) is 2.23. The fourth-order valence-electron chi connectivity index (χ4n) is 3.02. The van der Waals surface area contributed by atoms with Crippen LogP contribution in [-0.2, 0) is 5.66 Å². The zero-order valence-electron chi connectivity index (χ0n) is 10.5. The van der Waals surface area contributed by atoms with Crippen LogP contribution in [-0.4, -0.2) is 41.0 Å². The van der Waals surface area contributed by atoms with Crippen LogP contribution in [0.25, 0.3) is 0 Å². The molecule has 1 aromatic carbocycles. The van der Waals surface area contributed by atoms with E-state index in [-0.39, 0.29) is 11.3 Å². The van der Waals surface area contributed by atoms with Crippen LogP contribution in [0.4, 0.5) is 0 Å². The molecule has 1 aromatic rings. The van der Waals surface area contributed by atoms with Crippen LogP contribution in [0.2, 0.25) is 0 Å². The molecular formula is C13H14ClN3O. The molecule has 2 heterocycles. The van der Waals surface area contributed by atoms with Crippen LogP contribution in [0.3, 0.4) is 0 Å². The van der Waals surface area contributed by atoms with E-state index in [1.807, 2.05) is 38.2 Å². The maximum atomic E-state index is 12.3. The molecule has 5 heteroatoms. The van der Waals surface area contributed by atoms with Gasteiger partial charge in [-0.25, -0.2) is 0 Å². The van der Waals surface area contributed by atoms with Gasteiger partial charge < -0.3 is 4.90 Å². The summed E-state index contributed by atoms with van der Waals surface area (Å²) in [5, 5.41) is 5.88. The Morgan fingerprint density at radius 1 is 1.33 bits per heavy atom. The molecule has 0 N–H and O–H groups in total. The Morgan fingerprint density at radius 3 is 2.61 bits per heavy atom. The van der Waals surface area contributed by atoms with Gasteiger partial charge in [0.25, 0.3) is 5.91 Å². The molecule has 0 saturated heterocycles. The summed E-state index contributed by atoms with van der Waals surface area (Å²) in [6.07, 6.45) is 0. The summed E-state index contributed by atoms with van der Waals surface area (Å²) in [4.78, 5) is 14.0. The van der Waals surface area contributed by atoms with Crippen molar-refractivity contribution >= 4 is 23.2 Å². The summed E-state index contributed by atoms with van der Waals surface area (Å²) in [7, 11) is 3.64. The lowest BCUT2D eigenvalue weighted by molar-refractivity contribution is 0.00881. The number of hydrazone groups is 1. The molecule has 1 spiro atoms. The number of rotatable bonds is 0. The van der Waals surface area contributed by atoms with Crippen LogP contribution in [0.15, 0.2) is 29.4 Å². The molecule has 3 rings (SSSR count). The van der Waals surface area contributed by atoms with Crippen LogP contribution < -0.4 is 0 Å². The van der Waals surface area contributed by atoms with Gasteiger partial charge >= 0.3 is 0 Å². The Balaban J connectivity index is 2.28. The number of hydrogen-bond donors (Lipinski definition) is 0. The van der Waals surface area contributed by atoms with Crippen LogP contribution in [0.5, 0.6) is 0 Å². The van der Waals surface area contributed by atoms with E-state index in [9.17, 15) is 4.79 Å². The fourth-order valence-corrected chi connectivity index (χ4v) is 3.47. The van der Waals surface area contributed by atoms with E-state index < -0.39 is 5.66 Å². The van der Waals surface area contributed by atoms with Crippen molar-refractivity contribution in [3.63, 3.8) is 0 Å². The van der Waals surface area contributed by atoms with E-state index in [0.717, 1.165) is 11.3 Å². The Labute approximate surface area is 111 Å². The Hall–Kier alpha value is -1.55. The standard InChI is InChI=1S/C13H14ClN3O/c1-8-11(14)13(17(3)15-8)10-7-5-4-6-9(10)12(18)16(13)2/h4-7,11H,1-3H3/t11?,13-/m0/s1. The predicted octanol–water partition coefficient (Wildman–Crippen LogP) is 1.85. The minimum Gasteiger partial charge on any atom is -0.312 e. The van der Waals surface area contributed by atoms with Gasteiger partial charge in [-0.1, -0.05) is 18.2 Å². The van der Waals surface area contributed by atoms with E-state index >= 15 is 0 Å². The van der Waals surface area contributed by atoms with Crippen molar-refractivity contribution < 1.29 is 4.79 Å². The molecule has 2 aliphatic heterocycles. The number of alkyl halides is 1. The third-order valence-corrected chi connectivity index (χ3v) is 4.51. The maximum absolute atomic E-state index is 12.3. The summed E-state index contributed by atoms with van der Waals surface area (Å²) in [5.74, 6) is -0.00648. The maximum Gasteiger partial charge on any atom is 0.256 e. The van der Waals surface area contributed by atoms with Gasteiger partial charge in [-0.15, -0.1) is 11.6 Å². The smallest absolute Gasteiger partial charge is 0.256 e. The molecule has 0 fully saturated rings. The lowest BCUT2D eigenvalue weighted by atomic mass is 9.93. The molecule has 94 valence electrons. The number of carbonyl (C=O) groups is 1. The van der Waals surface area contributed by atoms with Gasteiger partial charge in [-0.3, -0.25) is 9.80 Å². The summed E-state index contributed by atoms with van der Waals surface area (Å²) in [6, 6.07) is 7.60. The largest absolute Gasteiger partial charge is 0.312 e. The van der Waals surface area contributed by atoms with E-state index in [1.54, 1.807) is 17.0 Å². The van der Waals surface area contributed by atoms with Crippen molar-refractivity contribution in [2.24, 2.45) is 5.10 Å². The molecule has 1 amide bonds. The second kappa shape index (κ2) is 3.48.